The average molecular weight is 367 g/mol. The number of aromatic nitrogens is 1. The van der Waals surface area contributed by atoms with Crippen molar-refractivity contribution < 1.29 is 9.21 Å². The quantitative estimate of drug-likeness (QED) is 0.736. The topological polar surface area (TPSA) is 76.3 Å². The fourth-order valence-corrected chi connectivity index (χ4v) is 2.88. The zero-order chi connectivity index (χ0) is 19.6. The molecule has 3 aromatic rings. The summed E-state index contributed by atoms with van der Waals surface area (Å²) in [6.45, 7) is 7.09. The first-order chi connectivity index (χ1) is 12.7. The van der Waals surface area contributed by atoms with Crippen LogP contribution in [-0.2, 0) is 18.9 Å². The van der Waals surface area contributed by atoms with Crippen LogP contribution >= 0.6 is 0 Å². The Balaban J connectivity index is 1.53. The Bertz CT molecular complexity index is 1010. The lowest BCUT2D eigenvalue weighted by molar-refractivity contribution is 0.252. The van der Waals surface area contributed by atoms with Gasteiger partial charge in [0, 0.05) is 25.3 Å². The number of aryl methyl sites for hydroxylation is 1. The van der Waals surface area contributed by atoms with E-state index in [0.717, 1.165) is 6.42 Å². The molecule has 3 rings (SSSR count). The molecule has 0 fully saturated rings. The van der Waals surface area contributed by atoms with Crippen LogP contribution < -0.4 is 16.4 Å². The zero-order valence-electron chi connectivity index (χ0n) is 16.1. The highest BCUT2D eigenvalue weighted by Gasteiger charge is 2.13. The summed E-state index contributed by atoms with van der Waals surface area (Å²) >= 11 is 0. The summed E-state index contributed by atoms with van der Waals surface area (Å²) in [4.78, 5) is 23.6. The molecule has 6 heteroatoms. The lowest BCUT2D eigenvalue weighted by atomic mass is 9.86. The predicted octanol–water partition coefficient (Wildman–Crippen LogP) is 3.79. The highest BCUT2D eigenvalue weighted by molar-refractivity contribution is 5.91. The summed E-state index contributed by atoms with van der Waals surface area (Å²) in [5.74, 6) is -0.427. The van der Waals surface area contributed by atoms with E-state index in [1.165, 1.54) is 15.7 Å². The number of oxazole rings is 1. The first kappa shape index (κ1) is 18.8. The van der Waals surface area contributed by atoms with E-state index < -0.39 is 5.76 Å². The third kappa shape index (κ3) is 4.39. The summed E-state index contributed by atoms with van der Waals surface area (Å²) in [7, 11) is 1.64. The van der Waals surface area contributed by atoms with Crippen LogP contribution in [0.1, 0.15) is 31.9 Å². The van der Waals surface area contributed by atoms with Gasteiger partial charge < -0.3 is 15.1 Å². The third-order valence-electron chi connectivity index (χ3n) is 4.57. The number of urea groups is 1. The third-order valence-corrected chi connectivity index (χ3v) is 4.57. The molecular weight excluding hydrogens is 342 g/mol. The maximum absolute atomic E-state index is 12.1. The minimum absolute atomic E-state index is 0.135. The number of hydrogen-bond donors (Lipinski definition) is 2. The van der Waals surface area contributed by atoms with Gasteiger partial charge in [-0.1, -0.05) is 45.0 Å². The molecule has 0 aliphatic carbocycles. The van der Waals surface area contributed by atoms with Crippen LogP contribution in [0.15, 0.2) is 51.7 Å². The number of carbonyl (C=O) groups excluding carboxylic acids is 1. The van der Waals surface area contributed by atoms with E-state index in [0.29, 0.717) is 23.3 Å². The van der Waals surface area contributed by atoms with Crippen LogP contribution in [0.4, 0.5) is 10.5 Å². The number of anilines is 1. The Morgan fingerprint density at radius 3 is 2.48 bits per heavy atom. The molecule has 1 aromatic heterocycles. The molecule has 0 aliphatic rings. The molecule has 2 N–H and O–H groups in total. The van der Waals surface area contributed by atoms with Crippen molar-refractivity contribution in [2.75, 3.05) is 11.9 Å². The molecule has 27 heavy (non-hydrogen) atoms. The van der Waals surface area contributed by atoms with E-state index in [-0.39, 0.29) is 11.4 Å². The number of nitrogens with zero attached hydrogens (tertiary/aromatic N) is 1. The van der Waals surface area contributed by atoms with Crippen molar-refractivity contribution in [3.05, 3.63) is 64.1 Å². The molecule has 6 nitrogen and oxygen atoms in total. The minimum Gasteiger partial charge on any atom is -0.408 e. The molecule has 0 unspecified atom stereocenters. The Morgan fingerprint density at radius 1 is 1.11 bits per heavy atom. The second kappa shape index (κ2) is 7.31. The standard InChI is InChI=1S/C21H25N3O3/c1-21(2,3)15-7-5-14(6-8-15)11-12-22-19(25)23-16-9-10-17-18(13-16)27-20(26)24(17)4/h5-10,13H,11-12H2,1-4H3,(H2,22,23,25). The van der Waals surface area contributed by atoms with Gasteiger partial charge in [-0.2, -0.15) is 0 Å². The van der Waals surface area contributed by atoms with Gasteiger partial charge >= 0.3 is 11.8 Å². The number of rotatable bonds is 4. The van der Waals surface area contributed by atoms with Crippen molar-refractivity contribution in [2.45, 2.75) is 32.6 Å². The molecule has 0 saturated carbocycles. The highest BCUT2D eigenvalue weighted by atomic mass is 16.4. The Morgan fingerprint density at radius 2 is 1.81 bits per heavy atom. The number of amides is 2. The van der Waals surface area contributed by atoms with E-state index in [9.17, 15) is 9.59 Å². The van der Waals surface area contributed by atoms with E-state index in [1.54, 1.807) is 25.2 Å². The SMILES string of the molecule is Cn1c(=O)oc2cc(NC(=O)NCCc3ccc(C(C)(C)C)cc3)ccc21. The van der Waals surface area contributed by atoms with E-state index >= 15 is 0 Å². The molecule has 0 saturated heterocycles. The van der Waals surface area contributed by atoms with Crippen molar-refractivity contribution in [2.24, 2.45) is 7.05 Å². The molecular formula is C21H25N3O3. The zero-order valence-corrected chi connectivity index (χ0v) is 16.1. The van der Waals surface area contributed by atoms with Crippen molar-refractivity contribution in [1.82, 2.24) is 9.88 Å². The lowest BCUT2D eigenvalue weighted by Crippen LogP contribution is -2.30. The maximum atomic E-state index is 12.1. The van der Waals surface area contributed by atoms with Gasteiger partial charge in [0.25, 0.3) is 0 Å². The molecule has 0 radical (unpaired) electrons. The van der Waals surface area contributed by atoms with Gasteiger partial charge in [-0.05, 0) is 35.1 Å². The van der Waals surface area contributed by atoms with Crippen LogP contribution in [0.2, 0.25) is 0 Å². The molecule has 142 valence electrons. The Kier molecular flexibility index (Phi) is 5.08. The minimum atomic E-state index is -0.427. The number of hydrogen-bond acceptors (Lipinski definition) is 3. The first-order valence-electron chi connectivity index (χ1n) is 8.98. The van der Waals surface area contributed by atoms with Gasteiger partial charge in [0.2, 0.25) is 0 Å². The van der Waals surface area contributed by atoms with Crippen LogP contribution in [0, 0.1) is 0 Å². The summed E-state index contributed by atoms with van der Waals surface area (Å²) < 4.78 is 6.55. The molecule has 0 aliphatic heterocycles. The first-order valence-corrected chi connectivity index (χ1v) is 8.98. The fourth-order valence-electron chi connectivity index (χ4n) is 2.88. The molecule has 2 amide bonds. The summed E-state index contributed by atoms with van der Waals surface area (Å²) in [6, 6.07) is 13.3. The Hall–Kier alpha value is -3.02. The normalized spacial score (nSPS) is 11.6. The van der Waals surface area contributed by atoms with E-state index in [4.69, 9.17) is 4.42 Å². The molecule has 2 aromatic carbocycles. The number of benzene rings is 2. The number of carbonyl (C=O) groups is 1. The lowest BCUT2D eigenvalue weighted by Gasteiger charge is -2.19. The van der Waals surface area contributed by atoms with Gasteiger partial charge in [-0.15, -0.1) is 0 Å². The molecule has 1 heterocycles. The summed E-state index contributed by atoms with van der Waals surface area (Å²) in [5, 5.41) is 5.60. The van der Waals surface area contributed by atoms with Crippen LogP contribution in [0.3, 0.4) is 0 Å². The maximum Gasteiger partial charge on any atom is 0.419 e. The van der Waals surface area contributed by atoms with E-state index in [2.05, 4.69) is 55.7 Å². The largest absolute Gasteiger partial charge is 0.419 e. The molecule has 0 spiro atoms. The second-order valence-electron chi connectivity index (χ2n) is 7.69. The molecule has 0 bridgehead atoms. The fraction of sp³-hybridized carbons (Fsp3) is 0.333. The van der Waals surface area contributed by atoms with Crippen LogP contribution in [0.5, 0.6) is 0 Å². The summed E-state index contributed by atoms with van der Waals surface area (Å²) in [6.07, 6.45) is 0.754. The van der Waals surface area contributed by atoms with Crippen LogP contribution in [0.25, 0.3) is 11.1 Å². The van der Waals surface area contributed by atoms with Crippen molar-refractivity contribution in [3.63, 3.8) is 0 Å². The van der Waals surface area contributed by atoms with Crippen molar-refractivity contribution in [3.8, 4) is 0 Å². The smallest absolute Gasteiger partial charge is 0.408 e. The summed E-state index contributed by atoms with van der Waals surface area (Å²) in [5.41, 5.74) is 4.30. The Labute approximate surface area is 158 Å². The van der Waals surface area contributed by atoms with E-state index in [1.807, 2.05) is 0 Å². The monoisotopic (exact) mass is 367 g/mol. The van der Waals surface area contributed by atoms with Gasteiger partial charge in [0.15, 0.2) is 5.58 Å². The van der Waals surface area contributed by atoms with Crippen molar-refractivity contribution in [1.29, 1.82) is 0 Å². The average Bonchev–Trinajstić information content (AvgIpc) is 2.88. The van der Waals surface area contributed by atoms with Crippen molar-refractivity contribution >= 4 is 22.8 Å². The van der Waals surface area contributed by atoms with Gasteiger partial charge in [-0.3, -0.25) is 4.57 Å². The predicted molar refractivity (Wildman–Crippen MR) is 107 cm³/mol. The van der Waals surface area contributed by atoms with Gasteiger partial charge in [0.1, 0.15) is 0 Å². The second-order valence-corrected chi connectivity index (χ2v) is 7.69. The van der Waals surface area contributed by atoms with Crippen LogP contribution in [-0.4, -0.2) is 17.1 Å². The van der Waals surface area contributed by atoms with Gasteiger partial charge in [-0.25, -0.2) is 9.59 Å². The number of fused-ring (bicyclic) bond motifs is 1. The highest BCUT2D eigenvalue weighted by Crippen LogP contribution is 2.22. The number of nitrogens with one attached hydrogen (secondary N) is 2. The van der Waals surface area contributed by atoms with Gasteiger partial charge in [0.05, 0.1) is 5.52 Å². The molecule has 0 atom stereocenters.